The predicted molar refractivity (Wildman–Crippen MR) is 79.6 cm³/mol. The molecule has 1 nitrogen and oxygen atoms in total. The molecule has 2 rings (SSSR count). The van der Waals surface area contributed by atoms with Crippen molar-refractivity contribution in [3.05, 3.63) is 71.3 Å². The van der Waals surface area contributed by atoms with E-state index >= 15 is 0 Å². The fraction of sp³-hybridized carbons (Fsp3) is 0.278. The van der Waals surface area contributed by atoms with Crippen LogP contribution in [-0.2, 0) is 11.8 Å². The van der Waals surface area contributed by atoms with E-state index in [-0.39, 0.29) is 11.2 Å². The molecule has 0 saturated carbocycles. The molecule has 0 aliphatic carbocycles. The normalized spacial score (nSPS) is 11.3. The van der Waals surface area contributed by atoms with Crippen molar-refractivity contribution < 1.29 is 4.79 Å². The van der Waals surface area contributed by atoms with Gasteiger partial charge in [0.1, 0.15) is 0 Å². The molecule has 2 aromatic carbocycles. The fourth-order valence-corrected chi connectivity index (χ4v) is 2.04. The van der Waals surface area contributed by atoms with Crippen LogP contribution in [0.3, 0.4) is 0 Å². The highest BCUT2D eigenvalue weighted by Gasteiger charge is 2.15. The van der Waals surface area contributed by atoms with Gasteiger partial charge in [0, 0.05) is 12.0 Å². The first-order chi connectivity index (χ1) is 8.97. The van der Waals surface area contributed by atoms with E-state index in [1.54, 1.807) is 0 Å². The number of hydrogen-bond donors (Lipinski definition) is 0. The Kier molecular flexibility index (Phi) is 3.84. The van der Waals surface area contributed by atoms with Crippen LogP contribution >= 0.6 is 0 Å². The van der Waals surface area contributed by atoms with Crippen molar-refractivity contribution >= 4 is 5.78 Å². The van der Waals surface area contributed by atoms with Crippen LogP contribution in [0.5, 0.6) is 0 Å². The highest BCUT2D eigenvalue weighted by atomic mass is 16.1. The number of hydrogen-bond acceptors (Lipinski definition) is 1. The van der Waals surface area contributed by atoms with Crippen LogP contribution in [0.4, 0.5) is 0 Å². The third kappa shape index (κ3) is 3.54. The predicted octanol–water partition coefficient (Wildman–Crippen LogP) is 4.41. The Morgan fingerprint density at radius 3 is 2.26 bits per heavy atom. The zero-order chi connectivity index (χ0) is 13.9. The lowest BCUT2D eigenvalue weighted by molar-refractivity contribution is 0.0993. The van der Waals surface area contributed by atoms with Crippen LogP contribution in [0.2, 0.25) is 0 Å². The lowest BCUT2D eigenvalue weighted by Gasteiger charge is -2.19. The molecule has 0 saturated heterocycles. The summed E-state index contributed by atoms with van der Waals surface area (Å²) in [6, 6.07) is 17.9. The van der Waals surface area contributed by atoms with E-state index in [0.29, 0.717) is 6.42 Å². The molecular formula is C18H20O. The summed E-state index contributed by atoms with van der Waals surface area (Å²) in [5, 5.41) is 0. The third-order valence-corrected chi connectivity index (χ3v) is 3.26. The zero-order valence-corrected chi connectivity index (χ0v) is 11.8. The molecule has 0 N–H and O–H groups in total. The van der Waals surface area contributed by atoms with Crippen LogP contribution in [0, 0.1) is 0 Å². The highest BCUT2D eigenvalue weighted by Crippen LogP contribution is 2.23. The van der Waals surface area contributed by atoms with Gasteiger partial charge in [-0.1, -0.05) is 69.3 Å². The number of carbonyl (C=O) groups excluding carboxylic acids is 1. The van der Waals surface area contributed by atoms with Crippen molar-refractivity contribution in [3.63, 3.8) is 0 Å². The van der Waals surface area contributed by atoms with Crippen molar-refractivity contribution in [1.82, 2.24) is 0 Å². The Hall–Kier alpha value is -1.89. The van der Waals surface area contributed by atoms with Gasteiger partial charge in [0.25, 0.3) is 0 Å². The lowest BCUT2D eigenvalue weighted by Crippen LogP contribution is -2.12. The van der Waals surface area contributed by atoms with E-state index in [9.17, 15) is 4.79 Å². The van der Waals surface area contributed by atoms with Crippen molar-refractivity contribution in [1.29, 1.82) is 0 Å². The third-order valence-electron chi connectivity index (χ3n) is 3.26. The first kappa shape index (κ1) is 13.5. The monoisotopic (exact) mass is 252 g/mol. The van der Waals surface area contributed by atoms with Gasteiger partial charge in [0.15, 0.2) is 5.78 Å². The summed E-state index contributed by atoms with van der Waals surface area (Å²) in [6.45, 7) is 6.48. The van der Waals surface area contributed by atoms with Gasteiger partial charge < -0.3 is 0 Å². The quantitative estimate of drug-likeness (QED) is 0.739. The minimum atomic E-state index is 0.0725. The summed E-state index contributed by atoms with van der Waals surface area (Å²) >= 11 is 0. The Morgan fingerprint density at radius 1 is 0.947 bits per heavy atom. The molecule has 0 bridgehead atoms. The SMILES string of the molecule is CC(C)(C)c1cccc(C(=O)Cc2ccccc2)c1. The molecule has 0 aromatic heterocycles. The number of Topliss-reactive ketones (excluding diaryl/α,β-unsaturated/α-hetero) is 1. The van der Waals surface area contributed by atoms with Crippen LogP contribution in [-0.4, -0.2) is 5.78 Å². The first-order valence-corrected chi connectivity index (χ1v) is 6.64. The summed E-state index contributed by atoms with van der Waals surface area (Å²) in [4.78, 5) is 12.3. The molecule has 0 spiro atoms. The molecule has 0 radical (unpaired) electrons. The van der Waals surface area contributed by atoms with Gasteiger partial charge in [-0.2, -0.15) is 0 Å². The smallest absolute Gasteiger partial charge is 0.167 e. The second-order valence-corrected chi connectivity index (χ2v) is 5.92. The molecule has 0 fully saturated rings. The maximum Gasteiger partial charge on any atom is 0.167 e. The van der Waals surface area contributed by atoms with Crippen LogP contribution in [0.25, 0.3) is 0 Å². The van der Waals surface area contributed by atoms with Gasteiger partial charge in [-0.25, -0.2) is 0 Å². The Balaban J connectivity index is 2.20. The standard InChI is InChI=1S/C18H20O/c1-18(2,3)16-11-7-10-15(13-16)17(19)12-14-8-5-4-6-9-14/h4-11,13H,12H2,1-3H3. The zero-order valence-electron chi connectivity index (χ0n) is 11.8. The molecule has 98 valence electrons. The van der Waals surface area contributed by atoms with E-state index in [1.807, 2.05) is 48.5 Å². The summed E-state index contributed by atoms with van der Waals surface area (Å²) in [5.74, 6) is 0.178. The van der Waals surface area contributed by atoms with Crippen molar-refractivity contribution in [2.45, 2.75) is 32.6 Å². The molecule has 19 heavy (non-hydrogen) atoms. The molecule has 0 heterocycles. The van der Waals surface area contributed by atoms with E-state index in [4.69, 9.17) is 0 Å². The van der Waals surface area contributed by atoms with Crippen molar-refractivity contribution in [3.8, 4) is 0 Å². The maximum absolute atomic E-state index is 12.3. The molecular weight excluding hydrogens is 232 g/mol. The van der Waals surface area contributed by atoms with Gasteiger partial charge in [-0.05, 0) is 22.6 Å². The molecule has 0 amide bonds. The summed E-state index contributed by atoms with van der Waals surface area (Å²) in [5.41, 5.74) is 3.14. The fourth-order valence-electron chi connectivity index (χ4n) is 2.04. The number of rotatable bonds is 3. The molecule has 0 aliphatic heterocycles. The van der Waals surface area contributed by atoms with Crippen LogP contribution < -0.4 is 0 Å². The topological polar surface area (TPSA) is 17.1 Å². The second-order valence-electron chi connectivity index (χ2n) is 5.92. The second kappa shape index (κ2) is 5.40. The summed E-state index contributed by atoms with van der Waals surface area (Å²) in [6.07, 6.45) is 0.467. The molecule has 0 unspecified atom stereocenters. The maximum atomic E-state index is 12.3. The highest BCUT2D eigenvalue weighted by molar-refractivity contribution is 5.97. The van der Waals surface area contributed by atoms with Crippen molar-refractivity contribution in [2.75, 3.05) is 0 Å². The summed E-state index contributed by atoms with van der Waals surface area (Å²) < 4.78 is 0. The first-order valence-electron chi connectivity index (χ1n) is 6.64. The molecule has 0 atom stereocenters. The van der Waals surface area contributed by atoms with Crippen LogP contribution in [0.15, 0.2) is 54.6 Å². The Labute approximate surface area is 115 Å². The van der Waals surface area contributed by atoms with Crippen LogP contribution in [0.1, 0.15) is 42.3 Å². The average molecular weight is 252 g/mol. The largest absolute Gasteiger partial charge is 0.294 e. The van der Waals surface area contributed by atoms with E-state index in [1.165, 1.54) is 5.56 Å². The number of benzene rings is 2. The molecule has 0 aliphatic rings. The number of carbonyl (C=O) groups is 1. The van der Waals surface area contributed by atoms with Gasteiger partial charge in [0.2, 0.25) is 0 Å². The van der Waals surface area contributed by atoms with Gasteiger partial charge in [0.05, 0.1) is 0 Å². The Morgan fingerprint density at radius 2 is 1.63 bits per heavy atom. The summed E-state index contributed by atoms with van der Waals surface area (Å²) in [7, 11) is 0. The van der Waals surface area contributed by atoms with E-state index in [2.05, 4.69) is 26.8 Å². The molecule has 2 aromatic rings. The van der Waals surface area contributed by atoms with Gasteiger partial charge in [-0.15, -0.1) is 0 Å². The minimum Gasteiger partial charge on any atom is -0.294 e. The molecule has 1 heteroatoms. The minimum absolute atomic E-state index is 0.0725. The van der Waals surface area contributed by atoms with Crippen molar-refractivity contribution in [2.24, 2.45) is 0 Å². The van der Waals surface area contributed by atoms with Gasteiger partial charge in [-0.3, -0.25) is 4.79 Å². The average Bonchev–Trinajstić information content (AvgIpc) is 2.39. The lowest BCUT2D eigenvalue weighted by atomic mass is 9.85. The number of ketones is 1. The van der Waals surface area contributed by atoms with Gasteiger partial charge >= 0.3 is 0 Å². The van der Waals surface area contributed by atoms with E-state index in [0.717, 1.165) is 11.1 Å². The Bertz CT molecular complexity index is 562. The van der Waals surface area contributed by atoms with E-state index < -0.39 is 0 Å².